The molecule has 0 radical (unpaired) electrons. The minimum absolute atomic E-state index is 0.245. The van der Waals surface area contributed by atoms with Gasteiger partial charge in [-0.25, -0.2) is 5.09 Å². The molecule has 3 aromatic carbocycles. The molecule has 25 heavy (non-hydrogen) atoms. The second-order valence-corrected chi connectivity index (χ2v) is 8.18. The van der Waals surface area contributed by atoms with Crippen molar-refractivity contribution in [2.45, 2.75) is 6.04 Å². The normalized spacial score (nSPS) is 12.2. The highest BCUT2D eigenvalue weighted by atomic mass is 31.2. The lowest BCUT2D eigenvalue weighted by molar-refractivity contribution is 0.573. The molecule has 0 aliphatic rings. The maximum Gasteiger partial charge on any atom is 0.205 e. The molecule has 2 nitrogen and oxygen atoms in total. The Kier molecular flexibility index (Phi) is 5.48. The molecule has 0 saturated carbocycles. The summed E-state index contributed by atoms with van der Waals surface area (Å²) in [7, 11) is -3.02. The van der Waals surface area contributed by atoms with Crippen LogP contribution in [-0.2, 0) is 4.57 Å². The average Bonchev–Trinajstić information content (AvgIpc) is 2.69. The SMILES string of the molecule is C=C=C[C@H](NP(=O)(c1ccccc1)c1ccccc1)c1ccccc1. The Hall–Kier alpha value is -2.63. The molecular formula is C22H20NOP. The van der Waals surface area contributed by atoms with Crippen molar-refractivity contribution in [1.29, 1.82) is 0 Å². The van der Waals surface area contributed by atoms with Crippen molar-refractivity contribution >= 4 is 17.9 Å². The minimum Gasteiger partial charge on any atom is -0.296 e. The number of nitrogens with one attached hydrogen (secondary N) is 1. The van der Waals surface area contributed by atoms with Crippen molar-refractivity contribution < 1.29 is 4.57 Å². The summed E-state index contributed by atoms with van der Waals surface area (Å²) in [5.41, 5.74) is 3.85. The highest BCUT2D eigenvalue weighted by Crippen LogP contribution is 2.41. The lowest BCUT2D eigenvalue weighted by Gasteiger charge is -2.25. The van der Waals surface area contributed by atoms with Crippen LogP contribution in [0.3, 0.4) is 0 Å². The molecule has 0 unspecified atom stereocenters. The number of benzene rings is 3. The number of hydrogen-bond donors (Lipinski definition) is 1. The molecule has 3 aromatic rings. The molecular weight excluding hydrogens is 325 g/mol. The van der Waals surface area contributed by atoms with Crippen LogP contribution in [0.25, 0.3) is 0 Å². The zero-order valence-corrected chi connectivity index (χ0v) is 14.8. The van der Waals surface area contributed by atoms with Crippen LogP contribution in [0.4, 0.5) is 0 Å². The van der Waals surface area contributed by atoms with Gasteiger partial charge in [0.05, 0.1) is 6.04 Å². The summed E-state index contributed by atoms with van der Waals surface area (Å²) >= 11 is 0. The Balaban J connectivity index is 2.09. The first-order valence-corrected chi connectivity index (χ1v) is 9.85. The largest absolute Gasteiger partial charge is 0.296 e. The molecule has 0 amide bonds. The van der Waals surface area contributed by atoms with Crippen molar-refractivity contribution in [3.05, 3.63) is 115 Å². The first-order chi connectivity index (χ1) is 12.2. The van der Waals surface area contributed by atoms with Gasteiger partial charge in [-0.15, -0.1) is 5.73 Å². The van der Waals surface area contributed by atoms with Crippen LogP contribution in [0.2, 0.25) is 0 Å². The van der Waals surface area contributed by atoms with Gasteiger partial charge < -0.3 is 0 Å². The fourth-order valence-corrected chi connectivity index (χ4v) is 5.15. The van der Waals surface area contributed by atoms with E-state index in [1.807, 2.05) is 97.1 Å². The van der Waals surface area contributed by atoms with Crippen LogP contribution in [0.5, 0.6) is 0 Å². The van der Waals surface area contributed by atoms with Gasteiger partial charge in [-0.1, -0.05) is 73.3 Å². The van der Waals surface area contributed by atoms with Crippen molar-refractivity contribution in [2.75, 3.05) is 0 Å². The molecule has 0 aromatic heterocycles. The van der Waals surface area contributed by atoms with Gasteiger partial charge in [-0.3, -0.25) is 4.57 Å². The summed E-state index contributed by atoms with van der Waals surface area (Å²) < 4.78 is 14.1. The quantitative estimate of drug-likeness (QED) is 0.523. The second kappa shape index (κ2) is 7.96. The summed E-state index contributed by atoms with van der Waals surface area (Å²) in [6, 6.07) is 28.8. The first kappa shape index (κ1) is 17.2. The van der Waals surface area contributed by atoms with Gasteiger partial charge in [0, 0.05) is 10.6 Å². The summed E-state index contributed by atoms with van der Waals surface area (Å²) in [5.74, 6) is 0. The lowest BCUT2D eigenvalue weighted by atomic mass is 10.1. The zero-order valence-electron chi connectivity index (χ0n) is 13.9. The topological polar surface area (TPSA) is 29.1 Å². The molecule has 3 rings (SSSR count). The van der Waals surface area contributed by atoms with Crippen molar-refractivity contribution in [3.8, 4) is 0 Å². The van der Waals surface area contributed by atoms with E-state index in [9.17, 15) is 4.57 Å². The second-order valence-electron chi connectivity index (χ2n) is 5.67. The van der Waals surface area contributed by atoms with E-state index < -0.39 is 7.29 Å². The number of hydrogen-bond acceptors (Lipinski definition) is 1. The predicted molar refractivity (Wildman–Crippen MR) is 106 cm³/mol. The van der Waals surface area contributed by atoms with Crippen LogP contribution < -0.4 is 15.7 Å². The molecule has 1 atom stereocenters. The van der Waals surface area contributed by atoms with Gasteiger partial charge in [-0.05, 0) is 35.9 Å². The zero-order chi connectivity index (χ0) is 17.5. The van der Waals surface area contributed by atoms with E-state index >= 15 is 0 Å². The van der Waals surface area contributed by atoms with E-state index in [0.29, 0.717) is 0 Å². The Morgan fingerprint density at radius 3 is 1.68 bits per heavy atom. The summed E-state index contributed by atoms with van der Waals surface area (Å²) in [6.07, 6.45) is 1.81. The van der Waals surface area contributed by atoms with Crippen molar-refractivity contribution in [2.24, 2.45) is 0 Å². The molecule has 0 spiro atoms. The Morgan fingerprint density at radius 2 is 1.24 bits per heavy atom. The summed E-state index contributed by atoms with van der Waals surface area (Å²) in [6.45, 7) is 3.69. The summed E-state index contributed by atoms with van der Waals surface area (Å²) in [5, 5.41) is 4.93. The van der Waals surface area contributed by atoms with Crippen molar-refractivity contribution in [3.63, 3.8) is 0 Å². The van der Waals surface area contributed by atoms with Crippen LogP contribution in [0.1, 0.15) is 11.6 Å². The molecule has 0 heterocycles. The number of rotatable bonds is 6. The molecule has 0 saturated heterocycles. The highest BCUT2D eigenvalue weighted by molar-refractivity contribution is 7.76. The molecule has 124 valence electrons. The van der Waals surface area contributed by atoms with E-state index in [2.05, 4.69) is 17.4 Å². The smallest absolute Gasteiger partial charge is 0.205 e. The van der Waals surface area contributed by atoms with Crippen LogP contribution in [0.15, 0.2) is 109 Å². The monoisotopic (exact) mass is 345 g/mol. The van der Waals surface area contributed by atoms with Gasteiger partial charge in [0.25, 0.3) is 0 Å². The maximum absolute atomic E-state index is 14.1. The van der Waals surface area contributed by atoms with E-state index in [4.69, 9.17) is 0 Å². The van der Waals surface area contributed by atoms with Crippen LogP contribution in [-0.4, -0.2) is 0 Å². The molecule has 0 aliphatic carbocycles. The first-order valence-electron chi connectivity index (χ1n) is 8.14. The standard InChI is InChI=1S/C22H20NOP/c1-2-12-22(19-13-6-3-7-14-19)23-25(24,20-15-8-4-9-16-20)21-17-10-5-11-18-21/h3-18,22H,1H2,(H,23,24)/t22-/m0/s1. The third-order valence-electron chi connectivity index (χ3n) is 4.00. The Morgan fingerprint density at radius 1 is 0.800 bits per heavy atom. The Bertz CT molecular complexity index is 857. The fraction of sp³-hybridized carbons (Fsp3) is 0.0455. The van der Waals surface area contributed by atoms with E-state index in [0.717, 1.165) is 16.2 Å². The van der Waals surface area contributed by atoms with Gasteiger partial charge in [0.15, 0.2) is 0 Å². The Labute approximate surface area is 149 Å². The minimum atomic E-state index is -3.02. The lowest BCUT2D eigenvalue weighted by Crippen LogP contribution is -2.29. The highest BCUT2D eigenvalue weighted by Gasteiger charge is 2.29. The van der Waals surface area contributed by atoms with Crippen molar-refractivity contribution in [1.82, 2.24) is 5.09 Å². The van der Waals surface area contributed by atoms with Gasteiger partial charge in [0.1, 0.15) is 0 Å². The van der Waals surface area contributed by atoms with Crippen LogP contribution >= 0.6 is 7.29 Å². The van der Waals surface area contributed by atoms with Gasteiger partial charge >= 0.3 is 0 Å². The summed E-state index contributed by atoms with van der Waals surface area (Å²) in [4.78, 5) is 0. The van der Waals surface area contributed by atoms with Gasteiger partial charge in [0.2, 0.25) is 7.29 Å². The van der Waals surface area contributed by atoms with Gasteiger partial charge in [-0.2, -0.15) is 0 Å². The molecule has 0 aliphatic heterocycles. The van der Waals surface area contributed by atoms with E-state index in [-0.39, 0.29) is 6.04 Å². The maximum atomic E-state index is 14.1. The van der Waals surface area contributed by atoms with Crippen LogP contribution in [0, 0.1) is 0 Å². The molecule has 1 N–H and O–H groups in total. The third kappa shape index (κ3) is 3.90. The average molecular weight is 345 g/mol. The fourth-order valence-electron chi connectivity index (χ4n) is 2.76. The molecule has 0 bridgehead atoms. The predicted octanol–water partition coefficient (Wildman–Crippen LogP) is 4.59. The van der Waals surface area contributed by atoms with E-state index in [1.165, 1.54) is 0 Å². The molecule has 0 fully saturated rings. The molecule has 3 heteroatoms. The van der Waals surface area contributed by atoms with E-state index in [1.54, 1.807) is 0 Å². The third-order valence-corrected chi connectivity index (χ3v) is 6.70.